The fourth-order valence-electron chi connectivity index (χ4n) is 5.48. The predicted octanol–water partition coefficient (Wildman–Crippen LogP) is 4.78. The van der Waals surface area contributed by atoms with Gasteiger partial charge in [0.15, 0.2) is 5.11 Å². The second-order valence-corrected chi connectivity index (χ2v) is 10.3. The molecule has 1 atom stereocenters. The number of carbonyl (C=O) groups excluding carboxylic acids is 1. The number of thiocarbonyl (C=S) groups is 1. The number of carbonyl (C=O) groups is 1. The lowest BCUT2D eigenvalue weighted by Crippen LogP contribution is -2.48. The van der Waals surface area contributed by atoms with Crippen molar-refractivity contribution in [1.29, 1.82) is 0 Å². The maximum absolute atomic E-state index is 11.7. The molecule has 3 aliphatic rings. The van der Waals surface area contributed by atoms with Gasteiger partial charge in [0, 0.05) is 13.2 Å². The van der Waals surface area contributed by atoms with Crippen LogP contribution in [0, 0.1) is 11.3 Å². The van der Waals surface area contributed by atoms with E-state index >= 15 is 0 Å². The molecule has 0 heterocycles. The number of hydrogen-bond donors (Lipinski definition) is 1. The van der Waals surface area contributed by atoms with Crippen LogP contribution in [0.4, 0.5) is 0 Å². The Hall–Kier alpha value is -1.66. The molecule has 1 aromatic carbocycles. The summed E-state index contributed by atoms with van der Waals surface area (Å²) in [5.41, 5.74) is 2.74. The van der Waals surface area contributed by atoms with Crippen LogP contribution in [0.15, 0.2) is 18.2 Å². The molecule has 0 bridgehead atoms. The van der Waals surface area contributed by atoms with E-state index in [0.717, 1.165) is 50.9 Å². The average Bonchev–Trinajstić information content (AvgIpc) is 3.00. The average molecular weight is 445 g/mol. The molecule has 31 heavy (non-hydrogen) atoms. The van der Waals surface area contributed by atoms with E-state index in [9.17, 15) is 4.79 Å². The number of methoxy groups -OCH3 is 1. The molecular formula is C25H36N2O3S. The third-order valence-electron chi connectivity index (χ3n) is 7.73. The lowest BCUT2D eigenvalue weighted by molar-refractivity contribution is -0.115. The number of nitrogens with zero attached hydrogens (tertiary/aromatic N) is 1. The van der Waals surface area contributed by atoms with Gasteiger partial charge in [-0.3, -0.25) is 9.69 Å². The fraction of sp³-hybridized carbons (Fsp3) is 0.680. The minimum atomic E-state index is 0.0238. The molecule has 5 nitrogen and oxygen atoms in total. The Morgan fingerprint density at radius 3 is 2.61 bits per heavy atom. The lowest BCUT2D eigenvalue weighted by atomic mass is 9.68. The molecule has 2 fully saturated rings. The number of benzene rings is 1. The summed E-state index contributed by atoms with van der Waals surface area (Å²) >= 11 is 5.68. The van der Waals surface area contributed by atoms with Crippen molar-refractivity contribution in [2.45, 2.75) is 83.4 Å². The third-order valence-corrected chi connectivity index (χ3v) is 8.06. The highest BCUT2D eigenvalue weighted by molar-refractivity contribution is 7.80. The Balaban J connectivity index is 1.58. The van der Waals surface area contributed by atoms with Crippen molar-refractivity contribution in [3.05, 3.63) is 29.3 Å². The van der Waals surface area contributed by atoms with E-state index in [1.165, 1.54) is 30.4 Å². The van der Waals surface area contributed by atoms with Gasteiger partial charge in [0.25, 0.3) is 0 Å². The number of hydrogen-bond acceptors (Lipinski definition) is 4. The molecular weight excluding hydrogens is 408 g/mol. The van der Waals surface area contributed by atoms with Crippen LogP contribution < -0.4 is 10.1 Å². The number of fused-ring (bicyclic) bond motifs is 1. The zero-order chi connectivity index (χ0) is 22.0. The molecule has 1 spiro atoms. The third kappa shape index (κ3) is 4.61. The van der Waals surface area contributed by atoms with Gasteiger partial charge < -0.3 is 14.8 Å². The van der Waals surface area contributed by atoms with Gasteiger partial charge in [-0.05, 0) is 106 Å². The first-order chi connectivity index (χ1) is 15.0. The number of ether oxygens (including phenoxy) is 2. The van der Waals surface area contributed by atoms with Gasteiger partial charge in [0.05, 0.1) is 18.8 Å². The van der Waals surface area contributed by atoms with E-state index in [1.54, 1.807) is 4.90 Å². The normalized spacial score (nSPS) is 27.6. The monoisotopic (exact) mass is 444 g/mol. The summed E-state index contributed by atoms with van der Waals surface area (Å²) in [7, 11) is 1.81. The zero-order valence-corrected chi connectivity index (χ0v) is 19.9. The molecule has 0 aromatic heterocycles. The van der Waals surface area contributed by atoms with E-state index in [1.807, 2.05) is 21.0 Å². The number of amides is 1. The minimum Gasteiger partial charge on any atom is -0.493 e. The van der Waals surface area contributed by atoms with Gasteiger partial charge in [0.1, 0.15) is 5.75 Å². The molecule has 1 N–H and O–H groups in total. The van der Waals surface area contributed by atoms with Crippen LogP contribution in [0.2, 0.25) is 0 Å². The van der Waals surface area contributed by atoms with Gasteiger partial charge in [-0.1, -0.05) is 12.5 Å². The first-order valence-electron chi connectivity index (χ1n) is 11.8. The van der Waals surface area contributed by atoms with Crippen LogP contribution in [-0.4, -0.2) is 42.3 Å². The quantitative estimate of drug-likeness (QED) is 0.485. The highest BCUT2D eigenvalue weighted by Crippen LogP contribution is 2.55. The maximum atomic E-state index is 11.7. The summed E-state index contributed by atoms with van der Waals surface area (Å²) in [6, 6.07) is 6.68. The van der Waals surface area contributed by atoms with E-state index in [-0.39, 0.29) is 17.5 Å². The maximum Gasteiger partial charge on any atom is 0.216 e. The Kier molecular flexibility index (Phi) is 6.87. The minimum absolute atomic E-state index is 0.0238. The molecule has 2 saturated carbocycles. The number of nitrogens with one attached hydrogen (secondary N) is 1. The molecule has 0 aliphatic heterocycles. The molecule has 0 saturated heterocycles. The molecule has 4 rings (SSSR count). The van der Waals surface area contributed by atoms with Crippen molar-refractivity contribution in [1.82, 2.24) is 10.2 Å². The van der Waals surface area contributed by atoms with E-state index in [2.05, 4.69) is 23.5 Å². The van der Waals surface area contributed by atoms with Gasteiger partial charge >= 0.3 is 0 Å². The topological polar surface area (TPSA) is 50.8 Å². The summed E-state index contributed by atoms with van der Waals surface area (Å²) in [6.45, 7) is 4.77. The summed E-state index contributed by atoms with van der Waals surface area (Å²) in [5, 5.41) is 4.12. The first-order valence-corrected chi connectivity index (χ1v) is 12.2. The molecule has 6 heteroatoms. The second kappa shape index (κ2) is 9.45. The Morgan fingerprint density at radius 1 is 1.29 bits per heavy atom. The van der Waals surface area contributed by atoms with Crippen molar-refractivity contribution in [2.24, 2.45) is 11.3 Å². The second-order valence-electron chi connectivity index (χ2n) is 9.93. The summed E-state index contributed by atoms with van der Waals surface area (Å²) in [5.74, 6) is 1.65. The van der Waals surface area contributed by atoms with Crippen LogP contribution >= 0.6 is 12.2 Å². The lowest BCUT2D eigenvalue weighted by Gasteiger charge is -2.42. The van der Waals surface area contributed by atoms with E-state index in [4.69, 9.17) is 21.7 Å². The van der Waals surface area contributed by atoms with E-state index in [0.29, 0.717) is 17.1 Å². The zero-order valence-electron chi connectivity index (χ0n) is 19.1. The van der Waals surface area contributed by atoms with Crippen molar-refractivity contribution in [3.8, 4) is 5.75 Å². The summed E-state index contributed by atoms with van der Waals surface area (Å²) in [6.07, 6.45) is 10.4. The van der Waals surface area contributed by atoms with Crippen molar-refractivity contribution >= 4 is 23.7 Å². The van der Waals surface area contributed by atoms with Crippen LogP contribution in [0.25, 0.3) is 0 Å². The molecule has 3 aliphatic carbocycles. The Morgan fingerprint density at radius 2 is 2.03 bits per heavy atom. The van der Waals surface area contributed by atoms with Gasteiger partial charge in [-0.2, -0.15) is 0 Å². The summed E-state index contributed by atoms with van der Waals surface area (Å²) in [4.78, 5) is 13.3. The highest BCUT2D eigenvalue weighted by Gasteiger charge is 2.48. The Labute approximate surface area is 191 Å². The van der Waals surface area contributed by atoms with Gasteiger partial charge in [0.2, 0.25) is 6.41 Å². The fourth-order valence-corrected chi connectivity index (χ4v) is 5.85. The molecule has 1 aromatic rings. The largest absolute Gasteiger partial charge is 0.493 e. The van der Waals surface area contributed by atoms with Crippen LogP contribution in [0.3, 0.4) is 0 Å². The smallest absolute Gasteiger partial charge is 0.216 e. The molecule has 1 unspecified atom stereocenters. The van der Waals surface area contributed by atoms with Gasteiger partial charge in [-0.25, -0.2) is 0 Å². The Bertz CT molecular complexity index is 800. The molecule has 0 radical (unpaired) electrons. The molecule has 170 valence electrons. The van der Waals surface area contributed by atoms with Crippen molar-refractivity contribution < 1.29 is 14.3 Å². The van der Waals surface area contributed by atoms with Gasteiger partial charge in [-0.15, -0.1) is 0 Å². The molecule has 1 amide bonds. The number of rotatable bonds is 7. The van der Waals surface area contributed by atoms with Crippen molar-refractivity contribution in [3.63, 3.8) is 0 Å². The SMILES string of the molecule is COC1CCC2(CC1)Cc1ccc(OCC3CCC3)cc1C2NC(=S)N(C=O)C(C)C. The van der Waals surface area contributed by atoms with E-state index < -0.39 is 0 Å². The standard InChI is InChI=1S/C25H36N2O3S/c1-17(2)27(16-28)24(31)26-23-22-13-21(30-15-18-5-4-6-18)8-7-19(22)14-25(23)11-9-20(29-3)10-12-25/h7-8,13,16-18,20,23H,4-6,9-12,14-15H2,1-3H3,(H,26,31). The van der Waals surface area contributed by atoms with Crippen molar-refractivity contribution in [2.75, 3.05) is 13.7 Å². The van der Waals surface area contributed by atoms with Crippen LogP contribution in [0.1, 0.15) is 76.0 Å². The first kappa shape index (κ1) is 22.5. The predicted molar refractivity (Wildman–Crippen MR) is 126 cm³/mol. The summed E-state index contributed by atoms with van der Waals surface area (Å²) < 4.78 is 11.8. The van der Waals surface area contributed by atoms with Crippen LogP contribution in [0.5, 0.6) is 5.75 Å². The highest BCUT2D eigenvalue weighted by atomic mass is 32.1. The van der Waals surface area contributed by atoms with Crippen LogP contribution in [-0.2, 0) is 16.0 Å².